The van der Waals surface area contributed by atoms with Gasteiger partial charge in [0.2, 0.25) is 11.8 Å². The van der Waals surface area contributed by atoms with Crippen molar-refractivity contribution in [2.24, 2.45) is 16.6 Å². The van der Waals surface area contributed by atoms with E-state index in [0.717, 1.165) is 31.9 Å². The molecule has 1 unspecified atom stereocenters. The minimum atomic E-state index is -0.245. The largest absolute Gasteiger partial charge is 0.475 e. The number of carbonyl (C=O) groups excluding carboxylic acids is 1. The van der Waals surface area contributed by atoms with Gasteiger partial charge in [-0.15, -0.1) is 0 Å². The molecule has 0 spiro atoms. The highest BCUT2D eigenvalue weighted by molar-refractivity contribution is 6.31. The first-order valence-electron chi connectivity index (χ1n) is 8.07. The molecule has 2 rings (SSSR count). The third kappa shape index (κ3) is 5.56. The van der Waals surface area contributed by atoms with Gasteiger partial charge in [-0.1, -0.05) is 11.6 Å². The fourth-order valence-electron chi connectivity index (χ4n) is 2.83. The summed E-state index contributed by atoms with van der Waals surface area (Å²) in [5.41, 5.74) is 5.31. The topological polar surface area (TPSA) is 92.8 Å². The maximum atomic E-state index is 11.1. The molecule has 8 heteroatoms. The summed E-state index contributed by atoms with van der Waals surface area (Å²) in [7, 11) is 1.75. The van der Waals surface area contributed by atoms with E-state index < -0.39 is 0 Å². The number of nitrogens with zero attached hydrogens (tertiary/aromatic N) is 3. The summed E-state index contributed by atoms with van der Waals surface area (Å²) in [6.45, 7) is 2.71. The number of rotatable bonds is 6. The summed E-state index contributed by atoms with van der Waals surface area (Å²) >= 11 is 5.99. The number of likely N-dealkylation sites (tertiary alicyclic amines) is 1. The van der Waals surface area contributed by atoms with Crippen molar-refractivity contribution < 1.29 is 9.53 Å². The normalized spacial score (nSPS) is 18.3. The standard InChI is InChI=1S/C16H24ClN5O2/c1-19-16(22-8-3-4-12(11-22)10-14(18)23)21-7-9-24-15-13(17)5-2-6-20-15/h2,5-6,12H,3-4,7-11H2,1H3,(H2,18,23)(H,19,21). The SMILES string of the molecule is CN=C(NCCOc1ncccc1Cl)N1CCCC(CC(N)=O)C1. The molecule has 132 valence electrons. The van der Waals surface area contributed by atoms with Gasteiger partial charge in [0.1, 0.15) is 11.6 Å². The molecule has 1 amide bonds. The molecule has 1 aliphatic heterocycles. The number of aliphatic imine (C=N–C) groups is 1. The van der Waals surface area contributed by atoms with E-state index in [1.807, 2.05) is 0 Å². The lowest BCUT2D eigenvalue weighted by molar-refractivity contribution is -0.119. The molecular weight excluding hydrogens is 330 g/mol. The van der Waals surface area contributed by atoms with Crippen molar-refractivity contribution in [1.29, 1.82) is 0 Å². The van der Waals surface area contributed by atoms with Crippen molar-refractivity contribution in [2.75, 3.05) is 33.3 Å². The van der Waals surface area contributed by atoms with Crippen molar-refractivity contribution in [2.45, 2.75) is 19.3 Å². The maximum absolute atomic E-state index is 11.1. The predicted molar refractivity (Wildman–Crippen MR) is 94.2 cm³/mol. The van der Waals surface area contributed by atoms with E-state index in [1.165, 1.54) is 0 Å². The van der Waals surface area contributed by atoms with E-state index in [1.54, 1.807) is 25.4 Å². The van der Waals surface area contributed by atoms with E-state index in [0.29, 0.717) is 36.4 Å². The van der Waals surface area contributed by atoms with Gasteiger partial charge >= 0.3 is 0 Å². The average molecular weight is 354 g/mol. The molecule has 3 N–H and O–H groups in total. The smallest absolute Gasteiger partial charge is 0.232 e. The number of piperidine rings is 1. The van der Waals surface area contributed by atoms with Crippen molar-refractivity contribution in [3.05, 3.63) is 23.4 Å². The molecule has 1 aromatic rings. The van der Waals surface area contributed by atoms with Gasteiger partial charge in [0, 0.05) is 32.8 Å². The zero-order chi connectivity index (χ0) is 17.4. The second-order valence-corrected chi connectivity index (χ2v) is 6.14. The average Bonchev–Trinajstić information content (AvgIpc) is 2.56. The van der Waals surface area contributed by atoms with Crippen LogP contribution in [0, 0.1) is 5.92 Å². The molecule has 1 aliphatic rings. The maximum Gasteiger partial charge on any atom is 0.232 e. The molecule has 0 bridgehead atoms. The quantitative estimate of drug-likeness (QED) is 0.456. The molecular formula is C16H24ClN5O2. The van der Waals surface area contributed by atoms with Gasteiger partial charge in [-0.25, -0.2) is 4.98 Å². The molecule has 2 heterocycles. The Hall–Kier alpha value is -2.02. The lowest BCUT2D eigenvalue weighted by atomic mass is 9.95. The van der Waals surface area contributed by atoms with E-state index >= 15 is 0 Å². The number of nitrogens with two attached hydrogens (primary N) is 1. The monoisotopic (exact) mass is 353 g/mol. The van der Waals surface area contributed by atoms with E-state index in [4.69, 9.17) is 22.1 Å². The Kier molecular flexibility index (Phi) is 7.11. The lowest BCUT2D eigenvalue weighted by Crippen LogP contribution is -2.48. The summed E-state index contributed by atoms with van der Waals surface area (Å²) in [6.07, 6.45) is 4.12. The van der Waals surface area contributed by atoms with Crippen LogP contribution in [0.1, 0.15) is 19.3 Å². The highest BCUT2D eigenvalue weighted by Crippen LogP contribution is 2.20. The van der Waals surface area contributed by atoms with Crippen LogP contribution in [0.3, 0.4) is 0 Å². The number of carbonyl (C=O) groups is 1. The molecule has 0 saturated carbocycles. The second-order valence-electron chi connectivity index (χ2n) is 5.74. The minimum absolute atomic E-state index is 0.245. The Morgan fingerprint density at radius 3 is 3.17 bits per heavy atom. The minimum Gasteiger partial charge on any atom is -0.475 e. The van der Waals surface area contributed by atoms with Gasteiger partial charge in [-0.2, -0.15) is 0 Å². The van der Waals surface area contributed by atoms with Crippen LogP contribution in [0.4, 0.5) is 0 Å². The summed E-state index contributed by atoms with van der Waals surface area (Å²) in [5.74, 6) is 1.28. The number of pyridine rings is 1. The van der Waals surface area contributed by atoms with Crippen LogP contribution in [-0.2, 0) is 4.79 Å². The molecule has 24 heavy (non-hydrogen) atoms. The molecule has 0 aromatic carbocycles. The number of primary amides is 1. The van der Waals surface area contributed by atoms with Crippen molar-refractivity contribution in [3.63, 3.8) is 0 Å². The molecule has 1 aromatic heterocycles. The molecule has 0 radical (unpaired) electrons. The number of aromatic nitrogens is 1. The number of hydrogen-bond donors (Lipinski definition) is 2. The van der Waals surface area contributed by atoms with Crippen LogP contribution in [0.15, 0.2) is 23.3 Å². The van der Waals surface area contributed by atoms with Crippen LogP contribution >= 0.6 is 11.6 Å². The summed E-state index contributed by atoms with van der Waals surface area (Å²) in [5, 5.41) is 3.76. The molecule has 1 atom stereocenters. The summed E-state index contributed by atoms with van der Waals surface area (Å²) in [4.78, 5) is 21.7. The van der Waals surface area contributed by atoms with Crippen LogP contribution in [-0.4, -0.2) is 55.0 Å². The number of hydrogen-bond acceptors (Lipinski definition) is 4. The first-order valence-corrected chi connectivity index (χ1v) is 8.45. The fourth-order valence-corrected chi connectivity index (χ4v) is 3.00. The first-order chi connectivity index (χ1) is 11.6. The van der Waals surface area contributed by atoms with Crippen LogP contribution in [0.2, 0.25) is 5.02 Å². The van der Waals surface area contributed by atoms with Crippen LogP contribution < -0.4 is 15.8 Å². The second kappa shape index (κ2) is 9.32. The van der Waals surface area contributed by atoms with Gasteiger partial charge < -0.3 is 20.7 Å². The Morgan fingerprint density at radius 2 is 2.46 bits per heavy atom. The highest BCUT2D eigenvalue weighted by atomic mass is 35.5. The zero-order valence-corrected chi connectivity index (χ0v) is 14.6. The number of halogens is 1. The molecule has 7 nitrogen and oxygen atoms in total. The Labute approximate surface area is 147 Å². The van der Waals surface area contributed by atoms with Crippen LogP contribution in [0.25, 0.3) is 0 Å². The number of nitrogens with one attached hydrogen (secondary N) is 1. The third-order valence-corrected chi connectivity index (χ3v) is 4.16. The number of guanidine groups is 1. The van der Waals surface area contributed by atoms with Crippen molar-refractivity contribution in [3.8, 4) is 5.88 Å². The van der Waals surface area contributed by atoms with Gasteiger partial charge in [0.25, 0.3) is 0 Å². The zero-order valence-electron chi connectivity index (χ0n) is 13.9. The van der Waals surface area contributed by atoms with Crippen molar-refractivity contribution >= 4 is 23.5 Å². The Bertz CT molecular complexity index is 581. The van der Waals surface area contributed by atoms with Gasteiger partial charge in [-0.3, -0.25) is 9.79 Å². The predicted octanol–water partition coefficient (Wildman–Crippen LogP) is 1.28. The number of amides is 1. The lowest BCUT2D eigenvalue weighted by Gasteiger charge is -2.34. The first kappa shape index (κ1) is 18.3. The Balaban J connectivity index is 1.77. The van der Waals surface area contributed by atoms with Gasteiger partial charge in [0.15, 0.2) is 5.96 Å². The molecule has 1 fully saturated rings. The number of ether oxygens (including phenoxy) is 1. The van der Waals surface area contributed by atoms with Crippen molar-refractivity contribution in [1.82, 2.24) is 15.2 Å². The summed E-state index contributed by atoms with van der Waals surface area (Å²) in [6, 6.07) is 3.50. The highest BCUT2D eigenvalue weighted by Gasteiger charge is 2.23. The van der Waals surface area contributed by atoms with Gasteiger partial charge in [0.05, 0.1) is 6.54 Å². The molecule has 1 saturated heterocycles. The third-order valence-electron chi connectivity index (χ3n) is 3.87. The van der Waals surface area contributed by atoms with E-state index in [9.17, 15) is 4.79 Å². The fraction of sp³-hybridized carbons (Fsp3) is 0.562. The summed E-state index contributed by atoms with van der Waals surface area (Å²) < 4.78 is 5.55. The van der Waals surface area contributed by atoms with Crippen LogP contribution in [0.5, 0.6) is 5.88 Å². The molecule has 0 aliphatic carbocycles. The van der Waals surface area contributed by atoms with Gasteiger partial charge in [-0.05, 0) is 30.9 Å². The van der Waals surface area contributed by atoms with E-state index in [-0.39, 0.29) is 5.91 Å². The Morgan fingerprint density at radius 1 is 1.62 bits per heavy atom. The van der Waals surface area contributed by atoms with E-state index in [2.05, 4.69) is 20.2 Å².